The van der Waals surface area contributed by atoms with E-state index in [9.17, 15) is 9.18 Å². The third kappa shape index (κ3) is 4.17. The zero-order valence-electron chi connectivity index (χ0n) is 13.1. The first-order valence-corrected chi connectivity index (χ1v) is 8.22. The summed E-state index contributed by atoms with van der Waals surface area (Å²) in [6.07, 6.45) is 2.27. The zero-order chi connectivity index (χ0) is 16.9. The summed E-state index contributed by atoms with van der Waals surface area (Å²) >= 11 is 5.79. The maximum atomic E-state index is 13.9. The van der Waals surface area contributed by atoms with Gasteiger partial charge in [0.2, 0.25) is 0 Å². The minimum Gasteiger partial charge on any atom is -0.484 e. The largest absolute Gasteiger partial charge is 0.484 e. The maximum Gasteiger partial charge on any atom is 0.262 e. The molecule has 0 aromatic heterocycles. The minimum absolute atomic E-state index is 0.170. The van der Waals surface area contributed by atoms with Gasteiger partial charge in [-0.2, -0.15) is 0 Å². The summed E-state index contributed by atoms with van der Waals surface area (Å²) in [5.41, 5.74) is 1.09. The van der Waals surface area contributed by atoms with Gasteiger partial charge in [-0.05, 0) is 55.3 Å². The van der Waals surface area contributed by atoms with Crippen molar-refractivity contribution in [2.45, 2.75) is 12.8 Å². The molecule has 1 fully saturated rings. The van der Waals surface area contributed by atoms with Crippen LogP contribution in [0.1, 0.15) is 12.8 Å². The third-order valence-electron chi connectivity index (χ3n) is 3.88. The average Bonchev–Trinajstić information content (AvgIpc) is 3.11. The van der Waals surface area contributed by atoms with Crippen molar-refractivity contribution in [3.05, 3.63) is 53.3 Å². The lowest BCUT2D eigenvalue weighted by atomic mass is 10.2. The number of hydrogen-bond acceptors (Lipinski definition) is 3. The molecule has 3 rings (SSSR count). The Labute approximate surface area is 145 Å². The molecule has 1 heterocycles. The number of ether oxygens (including phenoxy) is 1. The number of halogens is 2. The van der Waals surface area contributed by atoms with E-state index in [1.165, 1.54) is 6.07 Å². The van der Waals surface area contributed by atoms with Crippen LogP contribution in [0.25, 0.3) is 0 Å². The normalized spacial score (nSPS) is 13.8. The molecule has 24 heavy (non-hydrogen) atoms. The van der Waals surface area contributed by atoms with Crippen LogP contribution >= 0.6 is 11.6 Å². The van der Waals surface area contributed by atoms with E-state index in [1.807, 2.05) is 0 Å². The number of benzene rings is 2. The molecule has 0 radical (unpaired) electrons. The standard InChI is InChI=1S/C18H18ClFN2O2/c19-13-3-6-15(7-4-13)24-12-18(23)21-17-11-14(5-8-16(17)20)22-9-1-2-10-22/h3-8,11H,1-2,9-10,12H2,(H,21,23). The van der Waals surface area contributed by atoms with E-state index < -0.39 is 11.7 Å². The lowest BCUT2D eigenvalue weighted by Crippen LogP contribution is -2.22. The van der Waals surface area contributed by atoms with Crippen LogP contribution in [0.2, 0.25) is 5.02 Å². The van der Waals surface area contributed by atoms with E-state index in [1.54, 1.807) is 36.4 Å². The van der Waals surface area contributed by atoms with Gasteiger partial charge in [-0.25, -0.2) is 4.39 Å². The number of anilines is 2. The number of carbonyl (C=O) groups is 1. The Morgan fingerprint density at radius 2 is 1.88 bits per heavy atom. The van der Waals surface area contributed by atoms with Gasteiger partial charge in [0.05, 0.1) is 5.69 Å². The highest BCUT2D eigenvalue weighted by Crippen LogP contribution is 2.25. The molecule has 0 bridgehead atoms. The number of amides is 1. The minimum atomic E-state index is -0.460. The predicted octanol–water partition coefficient (Wildman–Crippen LogP) is 4.10. The van der Waals surface area contributed by atoms with Gasteiger partial charge in [-0.15, -0.1) is 0 Å². The van der Waals surface area contributed by atoms with Crippen molar-refractivity contribution >= 4 is 28.9 Å². The van der Waals surface area contributed by atoms with Crippen molar-refractivity contribution in [1.29, 1.82) is 0 Å². The molecule has 1 aliphatic heterocycles. The van der Waals surface area contributed by atoms with E-state index >= 15 is 0 Å². The molecule has 0 saturated carbocycles. The Balaban J connectivity index is 1.60. The number of hydrogen-bond donors (Lipinski definition) is 1. The fraction of sp³-hybridized carbons (Fsp3) is 0.278. The SMILES string of the molecule is O=C(COc1ccc(Cl)cc1)Nc1cc(N2CCCC2)ccc1F. The fourth-order valence-electron chi connectivity index (χ4n) is 2.65. The van der Waals surface area contributed by atoms with Gasteiger partial charge in [-0.3, -0.25) is 4.79 Å². The molecule has 2 aromatic rings. The predicted molar refractivity (Wildman–Crippen MR) is 93.4 cm³/mol. The number of rotatable bonds is 5. The molecule has 1 N–H and O–H groups in total. The second-order valence-electron chi connectivity index (χ2n) is 5.65. The Morgan fingerprint density at radius 1 is 1.17 bits per heavy atom. The summed E-state index contributed by atoms with van der Waals surface area (Å²) in [4.78, 5) is 14.2. The molecular weight excluding hydrogens is 331 g/mol. The van der Waals surface area contributed by atoms with Crippen molar-refractivity contribution in [1.82, 2.24) is 0 Å². The summed E-state index contributed by atoms with van der Waals surface area (Å²) < 4.78 is 19.3. The van der Waals surface area contributed by atoms with Gasteiger partial charge in [-0.1, -0.05) is 11.6 Å². The molecule has 0 spiro atoms. The first kappa shape index (κ1) is 16.6. The highest BCUT2D eigenvalue weighted by molar-refractivity contribution is 6.30. The lowest BCUT2D eigenvalue weighted by Gasteiger charge is -2.19. The second-order valence-corrected chi connectivity index (χ2v) is 6.09. The zero-order valence-corrected chi connectivity index (χ0v) is 13.9. The van der Waals surface area contributed by atoms with Crippen LogP contribution in [0.3, 0.4) is 0 Å². The van der Waals surface area contributed by atoms with Crippen LogP contribution in [0.5, 0.6) is 5.75 Å². The molecule has 6 heteroatoms. The maximum absolute atomic E-state index is 13.9. The van der Waals surface area contributed by atoms with Crippen LogP contribution in [-0.2, 0) is 4.79 Å². The Bertz CT molecular complexity index is 715. The topological polar surface area (TPSA) is 41.6 Å². The van der Waals surface area contributed by atoms with E-state index in [2.05, 4.69) is 10.2 Å². The van der Waals surface area contributed by atoms with Gasteiger partial charge in [0.1, 0.15) is 11.6 Å². The number of nitrogens with one attached hydrogen (secondary N) is 1. The first-order valence-electron chi connectivity index (χ1n) is 7.84. The van der Waals surface area contributed by atoms with Crippen molar-refractivity contribution < 1.29 is 13.9 Å². The van der Waals surface area contributed by atoms with E-state index in [4.69, 9.17) is 16.3 Å². The van der Waals surface area contributed by atoms with Crippen molar-refractivity contribution in [3.63, 3.8) is 0 Å². The summed E-state index contributed by atoms with van der Waals surface area (Å²) in [6.45, 7) is 1.71. The van der Waals surface area contributed by atoms with Crippen LogP contribution < -0.4 is 15.0 Å². The van der Waals surface area contributed by atoms with Gasteiger partial charge in [0, 0.05) is 23.8 Å². The second kappa shape index (κ2) is 7.53. The third-order valence-corrected chi connectivity index (χ3v) is 4.13. The van der Waals surface area contributed by atoms with Gasteiger partial charge >= 0.3 is 0 Å². The summed E-state index contributed by atoms with van der Waals surface area (Å²) in [5, 5.41) is 3.15. The fourth-order valence-corrected chi connectivity index (χ4v) is 2.77. The molecule has 0 aliphatic carbocycles. The molecular formula is C18H18ClFN2O2. The lowest BCUT2D eigenvalue weighted by molar-refractivity contribution is -0.118. The molecule has 2 aromatic carbocycles. The first-order chi connectivity index (χ1) is 11.6. The summed E-state index contributed by atoms with van der Waals surface area (Å²) in [5.74, 6) is -0.346. The highest BCUT2D eigenvalue weighted by atomic mass is 35.5. The van der Waals surface area contributed by atoms with Gasteiger partial charge in [0.15, 0.2) is 6.61 Å². The van der Waals surface area contributed by atoms with Crippen LogP contribution in [0, 0.1) is 5.82 Å². The van der Waals surface area contributed by atoms with Crippen LogP contribution in [-0.4, -0.2) is 25.6 Å². The number of carbonyl (C=O) groups excluding carboxylic acids is 1. The Kier molecular flexibility index (Phi) is 5.20. The molecule has 0 atom stereocenters. The Hall–Kier alpha value is -2.27. The van der Waals surface area contributed by atoms with E-state index in [0.717, 1.165) is 31.6 Å². The van der Waals surface area contributed by atoms with Crippen molar-refractivity contribution in [2.75, 3.05) is 29.9 Å². The number of nitrogens with zero attached hydrogens (tertiary/aromatic N) is 1. The molecule has 0 unspecified atom stereocenters. The van der Waals surface area contributed by atoms with Crippen molar-refractivity contribution in [2.24, 2.45) is 0 Å². The van der Waals surface area contributed by atoms with Crippen LogP contribution in [0.15, 0.2) is 42.5 Å². The van der Waals surface area contributed by atoms with Gasteiger partial charge in [0.25, 0.3) is 5.91 Å². The molecule has 126 valence electrons. The van der Waals surface area contributed by atoms with E-state index in [-0.39, 0.29) is 12.3 Å². The Morgan fingerprint density at radius 3 is 2.58 bits per heavy atom. The summed E-state index contributed by atoms with van der Waals surface area (Å²) in [6, 6.07) is 11.5. The van der Waals surface area contributed by atoms with Crippen LogP contribution in [0.4, 0.5) is 15.8 Å². The van der Waals surface area contributed by atoms with Gasteiger partial charge < -0.3 is 15.0 Å². The monoisotopic (exact) mass is 348 g/mol. The highest BCUT2D eigenvalue weighted by Gasteiger charge is 2.15. The molecule has 1 aliphatic rings. The molecule has 1 amide bonds. The average molecular weight is 349 g/mol. The quantitative estimate of drug-likeness (QED) is 0.884. The van der Waals surface area contributed by atoms with E-state index in [0.29, 0.717) is 10.8 Å². The smallest absolute Gasteiger partial charge is 0.262 e. The molecule has 1 saturated heterocycles. The summed E-state index contributed by atoms with van der Waals surface area (Å²) in [7, 11) is 0. The molecule has 4 nitrogen and oxygen atoms in total. The van der Waals surface area contributed by atoms with Crippen molar-refractivity contribution in [3.8, 4) is 5.75 Å².